The number of rotatable bonds is 3. The van der Waals surface area contributed by atoms with E-state index in [-0.39, 0.29) is 12.3 Å². The molecule has 3 nitrogen and oxygen atoms in total. The lowest BCUT2D eigenvalue weighted by atomic mass is 9.98. The molecule has 1 fully saturated rings. The highest BCUT2D eigenvalue weighted by Crippen LogP contribution is 2.31. The molecule has 0 saturated carbocycles. The summed E-state index contributed by atoms with van der Waals surface area (Å²) < 4.78 is 0. The van der Waals surface area contributed by atoms with E-state index < -0.39 is 5.97 Å². The van der Waals surface area contributed by atoms with E-state index in [2.05, 4.69) is 24.0 Å². The first-order valence-electron chi connectivity index (χ1n) is 5.72. The van der Waals surface area contributed by atoms with Crippen LogP contribution in [0.5, 0.6) is 0 Å². The van der Waals surface area contributed by atoms with Crippen LogP contribution in [0.4, 0.5) is 5.69 Å². The number of anilines is 1. The summed E-state index contributed by atoms with van der Waals surface area (Å²) in [5.74, 6) is -0.413. The molecule has 86 valence electrons. The molecule has 16 heavy (non-hydrogen) atoms. The van der Waals surface area contributed by atoms with E-state index in [1.165, 1.54) is 5.69 Å². The van der Waals surface area contributed by atoms with Gasteiger partial charge in [-0.2, -0.15) is 0 Å². The molecule has 1 aromatic carbocycles. The molecule has 2 rings (SSSR count). The lowest BCUT2D eigenvalue weighted by molar-refractivity contribution is -0.138. The molecule has 2 atom stereocenters. The number of carbonyl (C=O) groups is 1. The fraction of sp³-hybridized carbons (Fsp3) is 0.462. The molecule has 1 aliphatic rings. The van der Waals surface area contributed by atoms with Gasteiger partial charge in [-0.15, -0.1) is 0 Å². The molecule has 0 amide bonds. The zero-order valence-corrected chi connectivity index (χ0v) is 9.47. The van der Waals surface area contributed by atoms with Crippen molar-refractivity contribution in [1.29, 1.82) is 0 Å². The van der Waals surface area contributed by atoms with Crippen molar-refractivity contribution in [3.63, 3.8) is 0 Å². The van der Waals surface area contributed by atoms with Crippen LogP contribution in [0.15, 0.2) is 30.3 Å². The Kier molecular flexibility index (Phi) is 3.13. The molecular weight excluding hydrogens is 202 g/mol. The van der Waals surface area contributed by atoms with Gasteiger partial charge in [0.1, 0.15) is 0 Å². The number of hydrogen-bond acceptors (Lipinski definition) is 2. The quantitative estimate of drug-likeness (QED) is 0.848. The maximum absolute atomic E-state index is 10.7. The summed E-state index contributed by atoms with van der Waals surface area (Å²) in [4.78, 5) is 13.0. The highest BCUT2D eigenvalue weighted by molar-refractivity contribution is 5.67. The first-order valence-corrected chi connectivity index (χ1v) is 5.72. The molecule has 3 heteroatoms. The third-order valence-electron chi connectivity index (χ3n) is 3.44. The normalized spacial score (nSPS) is 24.7. The molecule has 1 aliphatic heterocycles. The second-order valence-corrected chi connectivity index (χ2v) is 4.42. The molecule has 1 saturated heterocycles. The average molecular weight is 219 g/mol. The number of benzene rings is 1. The number of carboxylic acids is 1. The first kappa shape index (κ1) is 11.0. The molecule has 0 unspecified atom stereocenters. The van der Waals surface area contributed by atoms with Crippen molar-refractivity contribution in [3.05, 3.63) is 30.3 Å². The fourth-order valence-corrected chi connectivity index (χ4v) is 2.48. The van der Waals surface area contributed by atoms with E-state index in [1.54, 1.807) is 0 Å². The van der Waals surface area contributed by atoms with Crippen LogP contribution < -0.4 is 4.90 Å². The highest BCUT2D eigenvalue weighted by Gasteiger charge is 2.31. The van der Waals surface area contributed by atoms with Crippen LogP contribution in [-0.4, -0.2) is 23.7 Å². The second kappa shape index (κ2) is 4.56. The van der Waals surface area contributed by atoms with Crippen LogP contribution in [0.25, 0.3) is 0 Å². The van der Waals surface area contributed by atoms with Crippen molar-refractivity contribution in [2.75, 3.05) is 11.4 Å². The van der Waals surface area contributed by atoms with E-state index in [1.807, 2.05) is 18.2 Å². The largest absolute Gasteiger partial charge is 0.481 e. The molecule has 0 radical (unpaired) electrons. The standard InChI is InChI=1S/C13H17NO2/c1-10-11(9-13(15)16)7-8-14(10)12-5-3-2-4-6-12/h2-6,10-11H,7-9H2,1H3,(H,15,16)/t10-,11-/m1/s1. The number of aliphatic carboxylic acids is 1. The van der Waals surface area contributed by atoms with Crippen LogP contribution in [0.1, 0.15) is 19.8 Å². The summed E-state index contributed by atoms with van der Waals surface area (Å²) in [5.41, 5.74) is 1.20. The molecular formula is C13H17NO2. The van der Waals surface area contributed by atoms with Crippen molar-refractivity contribution in [1.82, 2.24) is 0 Å². The Labute approximate surface area is 95.7 Å². The molecule has 1 N–H and O–H groups in total. The van der Waals surface area contributed by atoms with Crippen LogP contribution in [-0.2, 0) is 4.79 Å². The SMILES string of the molecule is C[C@@H]1[C@@H](CC(=O)O)CCN1c1ccccc1. The molecule has 0 spiro atoms. The third kappa shape index (κ3) is 2.18. The van der Waals surface area contributed by atoms with Gasteiger partial charge in [-0.1, -0.05) is 18.2 Å². The van der Waals surface area contributed by atoms with Gasteiger partial charge >= 0.3 is 5.97 Å². The number of hydrogen-bond donors (Lipinski definition) is 1. The Morgan fingerprint density at radius 2 is 2.12 bits per heavy atom. The Balaban J connectivity index is 2.07. The monoisotopic (exact) mass is 219 g/mol. The minimum atomic E-state index is -0.688. The maximum Gasteiger partial charge on any atom is 0.303 e. The molecule has 0 bridgehead atoms. The smallest absolute Gasteiger partial charge is 0.303 e. The molecule has 0 aromatic heterocycles. The van der Waals surface area contributed by atoms with E-state index in [9.17, 15) is 4.79 Å². The van der Waals surface area contributed by atoms with Crippen molar-refractivity contribution >= 4 is 11.7 Å². The van der Waals surface area contributed by atoms with Crippen molar-refractivity contribution in [3.8, 4) is 0 Å². The zero-order chi connectivity index (χ0) is 11.5. The van der Waals surface area contributed by atoms with Crippen LogP contribution >= 0.6 is 0 Å². The van der Waals surface area contributed by atoms with Gasteiger partial charge in [0.05, 0.1) is 6.42 Å². The Bertz CT molecular complexity index is 363. The predicted octanol–water partition coefficient (Wildman–Crippen LogP) is 2.38. The number of nitrogens with zero attached hydrogens (tertiary/aromatic N) is 1. The lowest BCUT2D eigenvalue weighted by Gasteiger charge is -2.26. The number of para-hydroxylation sites is 1. The fourth-order valence-electron chi connectivity index (χ4n) is 2.48. The van der Waals surface area contributed by atoms with Crippen molar-refractivity contribution in [2.45, 2.75) is 25.8 Å². The summed E-state index contributed by atoms with van der Waals surface area (Å²) in [7, 11) is 0. The van der Waals surface area contributed by atoms with E-state index >= 15 is 0 Å². The molecule has 1 aromatic rings. The first-order chi connectivity index (χ1) is 7.68. The van der Waals surface area contributed by atoms with Gasteiger partial charge in [0.2, 0.25) is 0 Å². The van der Waals surface area contributed by atoms with E-state index in [4.69, 9.17) is 5.11 Å². The van der Waals surface area contributed by atoms with Crippen molar-refractivity contribution in [2.24, 2.45) is 5.92 Å². The van der Waals surface area contributed by atoms with Gasteiger partial charge < -0.3 is 10.0 Å². The van der Waals surface area contributed by atoms with Crippen LogP contribution in [0.3, 0.4) is 0 Å². The summed E-state index contributed by atoms with van der Waals surface area (Å²) in [5, 5.41) is 8.83. The highest BCUT2D eigenvalue weighted by atomic mass is 16.4. The van der Waals surface area contributed by atoms with Crippen LogP contribution in [0.2, 0.25) is 0 Å². The van der Waals surface area contributed by atoms with Gasteiger partial charge in [-0.3, -0.25) is 4.79 Å². The third-order valence-corrected chi connectivity index (χ3v) is 3.44. The maximum atomic E-state index is 10.7. The zero-order valence-electron chi connectivity index (χ0n) is 9.47. The van der Waals surface area contributed by atoms with Gasteiger partial charge in [0, 0.05) is 18.3 Å². The van der Waals surface area contributed by atoms with E-state index in [0.29, 0.717) is 6.04 Å². The Morgan fingerprint density at radius 3 is 2.75 bits per heavy atom. The van der Waals surface area contributed by atoms with Crippen LogP contribution in [0, 0.1) is 5.92 Å². The molecule has 0 aliphatic carbocycles. The lowest BCUT2D eigenvalue weighted by Crippen LogP contribution is -2.30. The Hall–Kier alpha value is -1.51. The second-order valence-electron chi connectivity index (χ2n) is 4.42. The average Bonchev–Trinajstić information content (AvgIpc) is 2.61. The molecule has 1 heterocycles. The van der Waals surface area contributed by atoms with Gasteiger partial charge in [-0.05, 0) is 31.4 Å². The topological polar surface area (TPSA) is 40.5 Å². The summed E-state index contributed by atoms with van der Waals surface area (Å²) in [6.45, 7) is 3.08. The Morgan fingerprint density at radius 1 is 1.44 bits per heavy atom. The van der Waals surface area contributed by atoms with Gasteiger partial charge in [0.25, 0.3) is 0 Å². The van der Waals surface area contributed by atoms with Crippen molar-refractivity contribution < 1.29 is 9.90 Å². The number of carboxylic acid groups (broad SMARTS) is 1. The summed E-state index contributed by atoms with van der Waals surface area (Å²) in [6, 6.07) is 10.5. The summed E-state index contributed by atoms with van der Waals surface area (Å²) in [6.07, 6.45) is 1.26. The minimum Gasteiger partial charge on any atom is -0.481 e. The predicted molar refractivity (Wildman–Crippen MR) is 63.6 cm³/mol. The van der Waals surface area contributed by atoms with Gasteiger partial charge in [-0.25, -0.2) is 0 Å². The van der Waals surface area contributed by atoms with Gasteiger partial charge in [0.15, 0.2) is 0 Å². The minimum absolute atomic E-state index is 0.276. The van der Waals surface area contributed by atoms with E-state index in [0.717, 1.165) is 13.0 Å². The summed E-state index contributed by atoms with van der Waals surface area (Å²) >= 11 is 0.